The molecule has 6 rings (SSSR count). The standard InChI is InChI=1S/C47H69FN2O3.C2H6/c1-29(2)34-18-25-47(38(49-12)27-40(52)50-33-15-13-32(48)14-16-33)26-19-36-35(41(34)47)17-24-46(11)44(36,9)22-20-37-43(7,8)39(21-23-45(37,46)10)53-30(3)28-42(5,6)31(4)51;1-2/h13-16,27,29,35-37,39,49,51H,3-4,17-26,28H2,1-2,5-12H3,(H,50,52);1-2H3/b38-27-;. The highest BCUT2D eigenvalue weighted by Crippen LogP contribution is 2.78. The van der Waals surface area contributed by atoms with Crippen LogP contribution in [0.2, 0.25) is 0 Å². The summed E-state index contributed by atoms with van der Waals surface area (Å²) in [5, 5.41) is 16.7. The molecular formula is C49H75FN2O3. The highest BCUT2D eigenvalue weighted by molar-refractivity contribution is 5.99. The molecule has 4 fully saturated rings. The van der Waals surface area contributed by atoms with Gasteiger partial charge in [-0.3, -0.25) is 4.79 Å². The third kappa shape index (κ3) is 7.02. The van der Waals surface area contributed by atoms with Gasteiger partial charge in [0.1, 0.15) is 11.9 Å². The molecule has 6 heteroatoms. The normalized spacial score (nSPS) is 35.3. The fraction of sp³-hybridized carbons (Fsp3) is 0.694. The maximum absolute atomic E-state index is 13.6. The predicted octanol–water partition coefficient (Wildman–Crippen LogP) is 13.1. The number of allylic oxidation sites excluding steroid dienone is 4. The van der Waals surface area contributed by atoms with Crippen LogP contribution < -0.4 is 10.6 Å². The molecule has 306 valence electrons. The molecule has 5 nitrogen and oxygen atoms in total. The molecule has 0 bridgehead atoms. The average molecular weight is 759 g/mol. The fourth-order valence-corrected chi connectivity index (χ4v) is 13.4. The molecule has 5 aliphatic carbocycles. The summed E-state index contributed by atoms with van der Waals surface area (Å²) >= 11 is 0. The number of carbonyl (C=O) groups excluding carboxylic acids is 1. The Morgan fingerprint density at radius 2 is 1.60 bits per heavy atom. The van der Waals surface area contributed by atoms with Gasteiger partial charge >= 0.3 is 0 Å². The van der Waals surface area contributed by atoms with E-state index in [0.717, 1.165) is 43.6 Å². The number of halogens is 1. The Hall–Kier alpha value is -3.02. The first-order chi connectivity index (χ1) is 25.7. The molecule has 3 N–H and O–H groups in total. The minimum atomic E-state index is -0.467. The molecule has 0 aromatic heterocycles. The first-order valence-electron chi connectivity index (χ1n) is 21.6. The van der Waals surface area contributed by atoms with Crippen LogP contribution in [-0.2, 0) is 9.53 Å². The predicted molar refractivity (Wildman–Crippen MR) is 227 cm³/mol. The van der Waals surface area contributed by atoms with Gasteiger partial charge in [-0.15, -0.1) is 0 Å². The van der Waals surface area contributed by atoms with E-state index in [0.29, 0.717) is 35.8 Å². The average Bonchev–Trinajstić information content (AvgIpc) is 3.52. The summed E-state index contributed by atoms with van der Waals surface area (Å²) in [6, 6.07) is 6.00. The van der Waals surface area contributed by atoms with Crippen LogP contribution in [0.15, 0.2) is 71.9 Å². The van der Waals surface area contributed by atoms with E-state index >= 15 is 0 Å². The molecule has 1 aromatic rings. The van der Waals surface area contributed by atoms with Crippen molar-refractivity contribution >= 4 is 11.6 Å². The Morgan fingerprint density at radius 3 is 2.20 bits per heavy atom. The van der Waals surface area contributed by atoms with E-state index in [9.17, 15) is 14.3 Å². The summed E-state index contributed by atoms with van der Waals surface area (Å²) in [6.07, 6.45) is 13.8. The lowest BCUT2D eigenvalue weighted by Crippen LogP contribution is -2.67. The molecule has 1 amide bonds. The monoisotopic (exact) mass is 759 g/mol. The maximum Gasteiger partial charge on any atom is 0.250 e. The van der Waals surface area contributed by atoms with E-state index in [1.54, 1.807) is 29.4 Å². The van der Waals surface area contributed by atoms with Crippen molar-refractivity contribution in [1.82, 2.24) is 5.32 Å². The summed E-state index contributed by atoms with van der Waals surface area (Å²) in [5.74, 6) is 2.56. The lowest BCUT2D eigenvalue weighted by atomic mass is 9.31. The Balaban J connectivity index is 0.00000285. The number of carbonyl (C=O) groups is 1. The van der Waals surface area contributed by atoms with Crippen molar-refractivity contribution in [2.75, 3.05) is 12.4 Å². The van der Waals surface area contributed by atoms with E-state index in [4.69, 9.17) is 4.74 Å². The molecule has 0 heterocycles. The van der Waals surface area contributed by atoms with Crippen LogP contribution >= 0.6 is 0 Å². The van der Waals surface area contributed by atoms with Gasteiger partial charge in [0.05, 0.1) is 11.5 Å². The molecule has 4 saturated carbocycles. The highest BCUT2D eigenvalue weighted by Gasteiger charge is 2.71. The topological polar surface area (TPSA) is 70.6 Å². The molecule has 0 aliphatic heterocycles. The minimum Gasteiger partial charge on any atom is -0.512 e. The van der Waals surface area contributed by atoms with Crippen molar-refractivity contribution in [1.29, 1.82) is 0 Å². The van der Waals surface area contributed by atoms with Crippen molar-refractivity contribution in [3.05, 3.63) is 77.7 Å². The van der Waals surface area contributed by atoms with Crippen LogP contribution in [0.25, 0.3) is 0 Å². The summed E-state index contributed by atoms with van der Waals surface area (Å²) in [4.78, 5) is 13.5. The Morgan fingerprint density at radius 1 is 0.964 bits per heavy atom. The first-order valence-corrected chi connectivity index (χ1v) is 21.6. The number of amides is 1. The van der Waals surface area contributed by atoms with Crippen LogP contribution in [0.3, 0.4) is 0 Å². The van der Waals surface area contributed by atoms with Crippen molar-refractivity contribution in [2.24, 2.45) is 56.2 Å². The van der Waals surface area contributed by atoms with E-state index in [2.05, 4.69) is 72.3 Å². The highest BCUT2D eigenvalue weighted by atomic mass is 19.1. The molecular weight excluding hydrogens is 684 g/mol. The fourth-order valence-electron chi connectivity index (χ4n) is 13.4. The zero-order valence-electron chi connectivity index (χ0n) is 36.6. The smallest absolute Gasteiger partial charge is 0.250 e. The second-order valence-corrected chi connectivity index (χ2v) is 20.0. The van der Waals surface area contributed by atoms with Crippen molar-refractivity contribution in [2.45, 2.75) is 153 Å². The van der Waals surface area contributed by atoms with Crippen LogP contribution in [-0.4, -0.2) is 24.2 Å². The maximum atomic E-state index is 13.6. The van der Waals surface area contributed by atoms with E-state index in [-0.39, 0.29) is 50.7 Å². The quantitative estimate of drug-likeness (QED) is 0.126. The second kappa shape index (κ2) is 15.4. The van der Waals surface area contributed by atoms with Gasteiger partial charge in [-0.1, -0.05) is 100 Å². The van der Waals surface area contributed by atoms with Gasteiger partial charge < -0.3 is 20.5 Å². The van der Waals surface area contributed by atoms with Gasteiger partial charge in [-0.05, 0) is 128 Å². The van der Waals surface area contributed by atoms with Gasteiger partial charge in [0.25, 0.3) is 0 Å². The third-order valence-corrected chi connectivity index (χ3v) is 16.7. The number of hydrogen-bond donors (Lipinski definition) is 3. The molecule has 1 aromatic carbocycles. The van der Waals surface area contributed by atoms with Crippen LogP contribution in [0, 0.1) is 62.0 Å². The molecule has 55 heavy (non-hydrogen) atoms. The van der Waals surface area contributed by atoms with Crippen molar-refractivity contribution in [3.8, 4) is 0 Å². The number of fused-ring (bicyclic) bond motifs is 7. The first kappa shape index (κ1) is 43.1. The summed E-state index contributed by atoms with van der Waals surface area (Å²) < 4.78 is 20.3. The molecule has 8 atom stereocenters. The summed E-state index contributed by atoms with van der Waals surface area (Å²) in [6.45, 7) is 33.7. The molecule has 0 radical (unpaired) electrons. The Bertz CT molecular complexity index is 1690. The number of nitrogens with one attached hydrogen (secondary N) is 2. The van der Waals surface area contributed by atoms with Crippen molar-refractivity contribution < 1.29 is 19.0 Å². The molecule has 0 saturated heterocycles. The zero-order valence-corrected chi connectivity index (χ0v) is 36.6. The molecule has 8 unspecified atom stereocenters. The third-order valence-electron chi connectivity index (χ3n) is 16.7. The minimum absolute atomic E-state index is 0.0149. The summed E-state index contributed by atoms with van der Waals surface area (Å²) in [7, 11) is 1.98. The van der Waals surface area contributed by atoms with Gasteiger partial charge in [0.2, 0.25) is 5.91 Å². The lowest BCUT2D eigenvalue weighted by molar-refractivity contribution is -0.253. The molecule has 0 spiro atoms. The number of rotatable bonds is 10. The van der Waals surface area contributed by atoms with Crippen LogP contribution in [0.5, 0.6) is 0 Å². The zero-order chi connectivity index (χ0) is 40.9. The van der Waals surface area contributed by atoms with Gasteiger partial charge in [-0.2, -0.15) is 0 Å². The Labute approximate surface area is 334 Å². The number of aliphatic hydroxyl groups is 1. The van der Waals surface area contributed by atoms with E-state index < -0.39 is 5.41 Å². The number of aliphatic hydroxyl groups excluding tert-OH is 1. The number of benzene rings is 1. The second-order valence-electron chi connectivity index (χ2n) is 20.0. The lowest BCUT2D eigenvalue weighted by Gasteiger charge is -2.74. The Kier molecular flexibility index (Phi) is 12.1. The number of anilines is 1. The van der Waals surface area contributed by atoms with Crippen LogP contribution in [0.1, 0.15) is 147 Å². The SMILES string of the molecule is C=C(CC(C)(C)C(=C)O)OC1CCC2(C)C(CCC3(C)C4CCC5(/C(=C/C(=O)Nc6ccc(F)cc6)NC)CCC(C(C)C)=C5C4CCC32C)C1(C)C.CC. The van der Waals surface area contributed by atoms with Gasteiger partial charge in [-0.25, -0.2) is 4.39 Å². The number of hydrogen-bond acceptors (Lipinski definition) is 4. The van der Waals surface area contributed by atoms with E-state index in [1.807, 2.05) is 34.7 Å². The van der Waals surface area contributed by atoms with Gasteiger partial charge in [0, 0.05) is 47.2 Å². The summed E-state index contributed by atoms with van der Waals surface area (Å²) in [5.41, 5.74) is 4.84. The van der Waals surface area contributed by atoms with Crippen molar-refractivity contribution in [3.63, 3.8) is 0 Å². The van der Waals surface area contributed by atoms with E-state index in [1.165, 1.54) is 44.2 Å². The molecule has 5 aliphatic rings. The number of ether oxygens (including phenoxy) is 1. The van der Waals surface area contributed by atoms with Gasteiger partial charge in [0.15, 0.2) is 0 Å². The largest absolute Gasteiger partial charge is 0.512 e. The van der Waals surface area contributed by atoms with Crippen LogP contribution in [0.4, 0.5) is 10.1 Å².